The minimum absolute atomic E-state index is 0.260. The Kier molecular flexibility index (Phi) is 5.62. The maximum Gasteiger partial charge on any atom is 0.137 e. The van der Waals surface area contributed by atoms with E-state index < -0.39 is 6.10 Å². The molecule has 0 aromatic heterocycles. The fraction of sp³-hybridized carbons (Fsp3) is 0.647. The first-order chi connectivity index (χ1) is 9.95. The summed E-state index contributed by atoms with van der Waals surface area (Å²) in [5.74, 6) is 0.868. The lowest BCUT2D eigenvalue weighted by molar-refractivity contribution is -0.918. The molecule has 1 aromatic rings. The molecule has 4 atom stereocenters. The van der Waals surface area contributed by atoms with Gasteiger partial charge in [-0.1, -0.05) is 12.1 Å². The van der Waals surface area contributed by atoms with E-state index >= 15 is 0 Å². The van der Waals surface area contributed by atoms with E-state index in [2.05, 4.69) is 26.8 Å². The Morgan fingerprint density at radius 2 is 1.95 bits per heavy atom. The van der Waals surface area contributed by atoms with Crippen molar-refractivity contribution in [2.24, 2.45) is 0 Å². The zero-order valence-corrected chi connectivity index (χ0v) is 13.6. The lowest BCUT2D eigenvalue weighted by Crippen LogP contribution is -3.16. The molecule has 0 saturated carbocycles. The van der Waals surface area contributed by atoms with Crippen LogP contribution in [0.3, 0.4) is 0 Å². The van der Waals surface area contributed by atoms with Crippen molar-refractivity contribution < 1.29 is 19.5 Å². The summed E-state index contributed by atoms with van der Waals surface area (Å²) in [6.07, 6.45) is 0.0733. The lowest BCUT2D eigenvalue weighted by atomic mass is 10.1. The molecule has 2 N–H and O–H groups in total. The highest BCUT2D eigenvalue weighted by molar-refractivity contribution is 5.38. The number of morpholine rings is 1. The van der Waals surface area contributed by atoms with Gasteiger partial charge in [0.2, 0.25) is 0 Å². The predicted octanol–water partition coefficient (Wildman–Crippen LogP) is 0.735. The first kappa shape index (κ1) is 16.3. The van der Waals surface area contributed by atoms with Gasteiger partial charge in [0.05, 0.1) is 0 Å². The fourth-order valence-electron chi connectivity index (χ4n) is 3.01. The predicted molar refractivity (Wildman–Crippen MR) is 83.0 cm³/mol. The first-order valence-corrected chi connectivity index (χ1v) is 7.81. The number of aliphatic hydroxyl groups excluding tert-OH is 1. The van der Waals surface area contributed by atoms with Gasteiger partial charge in [-0.15, -0.1) is 0 Å². The molecule has 0 spiro atoms. The first-order valence-electron chi connectivity index (χ1n) is 7.81. The number of ether oxygens (including phenoxy) is 2. The third kappa shape index (κ3) is 4.70. The summed E-state index contributed by atoms with van der Waals surface area (Å²) >= 11 is 0. The maximum atomic E-state index is 10.2. The minimum Gasteiger partial charge on any atom is -0.490 e. The fourth-order valence-corrected chi connectivity index (χ4v) is 3.01. The van der Waals surface area contributed by atoms with Crippen LogP contribution in [0.5, 0.6) is 5.75 Å². The van der Waals surface area contributed by atoms with Gasteiger partial charge in [0.1, 0.15) is 50.3 Å². The summed E-state index contributed by atoms with van der Waals surface area (Å²) in [5.41, 5.74) is 2.36. The molecule has 1 aliphatic heterocycles. The Morgan fingerprint density at radius 3 is 2.62 bits per heavy atom. The second kappa shape index (κ2) is 7.25. The number of hydrogen-bond donors (Lipinski definition) is 2. The molecule has 1 aromatic carbocycles. The molecule has 4 heteroatoms. The molecule has 118 valence electrons. The van der Waals surface area contributed by atoms with E-state index in [4.69, 9.17) is 9.47 Å². The Labute approximate surface area is 127 Å². The number of quaternary nitrogens is 1. The van der Waals surface area contributed by atoms with Crippen molar-refractivity contribution in [2.75, 3.05) is 26.2 Å². The van der Waals surface area contributed by atoms with Gasteiger partial charge in [-0.05, 0) is 44.9 Å². The van der Waals surface area contributed by atoms with E-state index in [-0.39, 0.29) is 12.2 Å². The summed E-state index contributed by atoms with van der Waals surface area (Å²) in [4.78, 5) is 1.39. The van der Waals surface area contributed by atoms with Crippen molar-refractivity contribution in [1.29, 1.82) is 0 Å². The van der Waals surface area contributed by atoms with Crippen LogP contribution < -0.4 is 9.64 Å². The monoisotopic (exact) mass is 294 g/mol. The number of rotatable bonds is 5. The van der Waals surface area contributed by atoms with E-state index in [1.54, 1.807) is 0 Å². The molecule has 1 aliphatic rings. The zero-order valence-electron chi connectivity index (χ0n) is 13.6. The average molecular weight is 294 g/mol. The second-order valence-corrected chi connectivity index (χ2v) is 6.28. The molecule has 0 bridgehead atoms. The molecule has 1 fully saturated rings. The number of aliphatic hydroxyl groups is 1. The van der Waals surface area contributed by atoms with Crippen molar-refractivity contribution in [3.8, 4) is 5.75 Å². The van der Waals surface area contributed by atoms with Crippen LogP contribution in [0.1, 0.15) is 25.0 Å². The maximum absolute atomic E-state index is 10.2. The molecule has 4 nitrogen and oxygen atoms in total. The van der Waals surface area contributed by atoms with E-state index in [1.165, 1.54) is 10.5 Å². The van der Waals surface area contributed by atoms with Gasteiger partial charge >= 0.3 is 0 Å². The number of benzene rings is 1. The summed E-state index contributed by atoms with van der Waals surface area (Å²) in [6.45, 7) is 11.3. The molecular formula is C17H28NO3+. The van der Waals surface area contributed by atoms with Crippen molar-refractivity contribution >= 4 is 0 Å². The highest BCUT2D eigenvalue weighted by atomic mass is 16.5. The molecule has 1 unspecified atom stereocenters. The third-order valence-corrected chi connectivity index (χ3v) is 4.13. The molecule has 2 rings (SSSR count). The van der Waals surface area contributed by atoms with Crippen molar-refractivity contribution in [2.45, 2.75) is 46.0 Å². The van der Waals surface area contributed by atoms with Crippen LogP contribution in [-0.4, -0.2) is 49.7 Å². The Balaban J connectivity index is 1.82. The van der Waals surface area contributed by atoms with Gasteiger partial charge in [-0.2, -0.15) is 0 Å². The zero-order chi connectivity index (χ0) is 15.4. The van der Waals surface area contributed by atoms with Crippen LogP contribution >= 0.6 is 0 Å². The Bertz CT molecular complexity index is 453. The Morgan fingerprint density at radius 1 is 1.29 bits per heavy atom. The van der Waals surface area contributed by atoms with Crippen molar-refractivity contribution in [1.82, 2.24) is 0 Å². The van der Waals surface area contributed by atoms with E-state index in [1.807, 2.05) is 19.1 Å². The Hall–Kier alpha value is -1.10. The van der Waals surface area contributed by atoms with Crippen LogP contribution in [0.2, 0.25) is 0 Å². The summed E-state index contributed by atoms with van der Waals surface area (Å²) in [6, 6.07) is 6.01. The van der Waals surface area contributed by atoms with Crippen molar-refractivity contribution in [3.05, 3.63) is 29.3 Å². The van der Waals surface area contributed by atoms with Crippen LogP contribution in [-0.2, 0) is 4.74 Å². The summed E-state index contributed by atoms with van der Waals surface area (Å²) in [7, 11) is 0. The van der Waals surface area contributed by atoms with E-state index in [0.29, 0.717) is 13.2 Å². The molecule has 0 radical (unpaired) electrons. The van der Waals surface area contributed by atoms with Gasteiger partial charge < -0.3 is 19.5 Å². The standard InChI is InChI=1S/C17H27NO3/c1-12-6-5-7-17(15(12)4)20-11-16(19)10-18-8-13(2)21-14(3)9-18/h5-7,13-14,16,19H,8-11H2,1-4H3/p+1/t13-,14+,16-/m1/s1. The van der Waals surface area contributed by atoms with Crippen LogP contribution in [0, 0.1) is 13.8 Å². The number of aryl methyl sites for hydroxylation is 1. The van der Waals surface area contributed by atoms with E-state index in [9.17, 15) is 5.11 Å². The number of nitrogens with one attached hydrogen (secondary N) is 1. The van der Waals surface area contributed by atoms with Crippen LogP contribution in [0.4, 0.5) is 0 Å². The topological polar surface area (TPSA) is 43.1 Å². The number of hydrogen-bond acceptors (Lipinski definition) is 3. The van der Waals surface area contributed by atoms with Gasteiger partial charge in [0.25, 0.3) is 0 Å². The van der Waals surface area contributed by atoms with Gasteiger partial charge in [-0.25, -0.2) is 0 Å². The average Bonchev–Trinajstić information content (AvgIpc) is 2.39. The second-order valence-electron chi connectivity index (χ2n) is 6.28. The molecule has 0 aliphatic carbocycles. The highest BCUT2D eigenvalue weighted by Crippen LogP contribution is 2.20. The molecule has 1 saturated heterocycles. The molecule has 1 heterocycles. The largest absolute Gasteiger partial charge is 0.490 e. The van der Waals surface area contributed by atoms with Crippen LogP contribution in [0.15, 0.2) is 18.2 Å². The molecule has 0 amide bonds. The highest BCUT2D eigenvalue weighted by Gasteiger charge is 2.27. The van der Waals surface area contributed by atoms with Crippen LogP contribution in [0.25, 0.3) is 0 Å². The third-order valence-electron chi connectivity index (χ3n) is 4.13. The summed E-state index contributed by atoms with van der Waals surface area (Å²) < 4.78 is 11.5. The molecular weight excluding hydrogens is 266 g/mol. The quantitative estimate of drug-likeness (QED) is 0.842. The summed E-state index contributed by atoms with van der Waals surface area (Å²) in [5, 5.41) is 10.2. The van der Waals surface area contributed by atoms with E-state index in [0.717, 1.165) is 24.4 Å². The van der Waals surface area contributed by atoms with Crippen molar-refractivity contribution in [3.63, 3.8) is 0 Å². The normalized spacial score (nSPS) is 27.4. The van der Waals surface area contributed by atoms with Gasteiger partial charge in [0, 0.05) is 0 Å². The molecule has 21 heavy (non-hydrogen) atoms. The SMILES string of the molecule is Cc1cccc(OC[C@H](O)C[NH+]2C[C@@H](C)O[C@@H](C)C2)c1C. The van der Waals surface area contributed by atoms with Gasteiger partial charge in [-0.3, -0.25) is 0 Å². The smallest absolute Gasteiger partial charge is 0.137 e. The van der Waals surface area contributed by atoms with Gasteiger partial charge in [0.15, 0.2) is 0 Å². The minimum atomic E-state index is -0.447. The lowest BCUT2D eigenvalue weighted by Gasteiger charge is -2.33.